The van der Waals surface area contributed by atoms with Gasteiger partial charge < -0.3 is 25.6 Å². The summed E-state index contributed by atoms with van der Waals surface area (Å²) in [6, 6.07) is 3.63. The summed E-state index contributed by atoms with van der Waals surface area (Å²) in [7, 11) is 1.45. The monoisotopic (exact) mass is 316 g/mol. The average Bonchev–Trinajstić information content (AvgIpc) is 2.43. The van der Waals surface area contributed by atoms with E-state index in [2.05, 4.69) is 10.6 Å². The fourth-order valence-electron chi connectivity index (χ4n) is 1.65. The number of aliphatic carboxylic acids is 1. The van der Waals surface area contributed by atoms with Crippen LogP contribution in [0.1, 0.15) is 6.42 Å². The number of benzene rings is 1. The third-order valence-corrected chi connectivity index (χ3v) is 2.86. The number of carbonyl (C=O) groups excluding carboxylic acids is 1. The van der Waals surface area contributed by atoms with E-state index in [0.717, 1.165) is 0 Å². The smallest absolute Gasteiger partial charge is 0.321 e. The third-order valence-electron chi connectivity index (χ3n) is 2.63. The number of ether oxygens (including phenoxy) is 1. The van der Waals surface area contributed by atoms with Gasteiger partial charge in [0, 0.05) is 11.6 Å². The number of aliphatic hydroxyl groups is 1. The van der Waals surface area contributed by atoms with Gasteiger partial charge in [-0.25, -0.2) is 0 Å². The number of carboxylic acids is 1. The first kappa shape index (κ1) is 17.2. The summed E-state index contributed by atoms with van der Waals surface area (Å²) in [5, 5.41) is 23.2. The molecule has 0 aliphatic rings. The molecule has 21 heavy (non-hydrogen) atoms. The molecule has 1 rings (SSSR count). The number of hydrogen-bond acceptors (Lipinski definition) is 5. The lowest BCUT2D eigenvalue weighted by molar-refractivity contribution is -0.141. The van der Waals surface area contributed by atoms with Crippen LogP contribution in [-0.2, 0) is 9.59 Å². The van der Waals surface area contributed by atoms with Crippen molar-refractivity contribution in [3.05, 3.63) is 23.2 Å². The minimum Gasteiger partial charge on any atom is -0.495 e. The van der Waals surface area contributed by atoms with Gasteiger partial charge >= 0.3 is 5.97 Å². The highest BCUT2D eigenvalue weighted by Crippen LogP contribution is 2.27. The Kier molecular flexibility index (Phi) is 6.93. The molecule has 0 fully saturated rings. The molecule has 0 saturated heterocycles. The summed E-state index contributed by atoms with van der Waals surface area (Å²) in [6.07, 6.45) is -0.287. The van der Waals surface area contributed by atoms with E-state index in [9.17, 15) is 9.59 Å². The van der Waals surface area contributed by atoms with Crippen molar-refractivity contribution in [3.8, 4) is 5.75 Å². The minimum atomic E-state index is -1.17. The molecular formula is C13H17ClN2O5. The van der Waals surface area contributed by atoms with Crippen molar-refractivity contribution in [2.24, 2.45) is 0 Å². The van der Waals surface area contributed by atoms with Crippen LogP contribution in [0.5, 0.6) is 5.75 Å². The molecule has 8 heteroatoms. The van der Waals surface area contributed by atoms with Gasteiger partial charge in [-0.15, -0.1) is 0 Å². The standard InChI is InChI=1S/C13H17ClN2O5/c1-21-11-3-2-8(14)6-9(11)16-12(18)7-10(13(19)20)15-4-5-17/h2-3,6,10,15,17H,4-5,7H2,1H3,(H,16,18)(H,19,20). The fraction of sp³-hybridized carbons (Fsp3) is 0.385. The molecule has 0 aliphatic carbocycles. The number of anilines is 1. The zero-order valence-corrected chi connectivity index (χ0v) is 12.2. The van der Waals surface area contributed by atoms with Crippen molar-refractivity contribution >= 4 is 29.2 Å². The lowest BCUT2D eigenvalue weighted by Gasteiger charge is -2.15. The van der Waals surface area contributed by atoms with Crippen LogP contribution in [0.3, 0.4) is 0 Å². The van der Waals surface area contributed by atoms with E-state index in [1.807, 2.05) is 0 Å². The highest BCUT2D eigenvalue weighted by atomic mass is 35.5. The quantitative estimate of drug-likeness (QED) is 0.562. The number of halogens is 1. The van der Waals surface area contributed by atoms with Crippen LogP contribution in [0.4, 0.5) is 5.69 Å². The lowest BCUT2D eigenvalue weighted by atomic mass is 10.2. The van der Waals surface area contributed by atoms with Crippen LogP contribution in [-0.4, -0.2) is 48.4 Å². The van der Waals surface area contributed by atoms with E-state index < -0.39 is 17.9 Å². The van der Waals surface area contributed by atoms with Crippen LogP contribution in [0, 0.1) is 0 Å². The summed E-state index contributed by atoms with van der Waals surface area (Å²) in [5.74, 6) is -1.26. The Morgan fingerprint density at radius 1 is 1.43 bits per heavy atom. The molecule has 4 N–H and O–H groups in total. The molecule has 0 heterocycles. The highest BCUT2D eigenvalue weighted by molar-refractivity contribution is 6.31. The predicted octanol–water partition coefficient (Wildman–Crippen LogP) is 0.712. The first-order chi connectivity index (χ1) is 9.97. The molecule has 0 aliphatic heterocycles. The molecule has 1 amide bonds. The molecule has 0 bridgehead atoms. The molecule has 0 saturated carbocycles. The zero-order valence-electron chi connectivity index (χ0n) is 11.4. The summed E-state index contributed by atoms with van der Waals surface area (Å²) < 4.78 is 5.08. The number of rotatable bonds is 8. The molecule has 0 radical (unpaired) electrons. The largest absolute Gasteiger partial charge is 0.495 e. The molecular weight excluding hydrogens is 300 g/mol. The van der Waals surface area contributed by atoms with Gasteiger partial charge in [0.1, 0.15) is 11.8 Å². The van der Waals surface area contributed by atoms with Gasteiger partial charge in [0.05, 0.1) is 25.8 Å². The van der Waals surface area contributed by atoms with E-state index in [4.69, 9.17) is 26.6 Å². The molecule has 1 atom stereocenters. The molecule has 0 spiro atoms. The third kappa shape index (κ3) is 5.58. The van der Waals surface area contributed by atoms with Crippen LogP contribution >= 0.6 is 11.6 Å². The van der Waals surface area contributed by atoms with Crippen LogP contribution in [0.2, 0.25) is 5.02 Å². The predicted molar refractivity (Wildman–Crippen MR) is 77.8 cm³/mol. The normalized spacial score (nSPS) is 11.8. The van der Waals surface area contributed by atoms with Crippen molar-refractivity contribution < 1.29 is 24.5 Å². The molecule has 116 valence electrons. The van der Waals surface area contributed by atoms with E-state index in [0.29, 0.717) is 16.5 Å². The van der Waals surface area contributed by atoms with Crippen LogP contribution in [0.25, 0.3) is 0 Å². The second-order valence-corrected chi connectivity index (χ2v) is 4.60. The molecule has 1 aromatic carbocycles. The lowest BCUT2D eigenvalue weighted by Crippen LogP contribution is -2.41. The number of carboxylic acid groups (broad SMARTS) is 1. The van der Waals surface area contributed by atoms with Crippen molar-refractivity contribution in [2.45, 2.75) is 12.5 Å². The van der Waals surface area contributed by atoms with Gasteiger partial charge in [0.25, 0.3) is 0 Å². The second kappa shape index (κ2) is 8.46. The second-order valence-electron chi connectivity index (χ2n) is 4.17. The Hall–Kier alpha value is -1.83. The van der Waals surface area contributed by atoms with Gasteiger partial charge in [-0.1, -0.05) is 11.6 Å². The average molecular weight is 317 g/mol. The van der Waals surface area contributed by atoms with Crippen molar-refractivity contribution in [3.63, 3.8) is 0 Å². The van der Waals surface area contributed by atoms with E-state index in [-0.39, 0.29) is 19.6 Å². The molecule has 0 aromatic heterocycles. The summed E-state index contributed by atoms with van der Waals surface area (Å²) in [4.78, 5) is 22.9. The minimum absolute atomic E-state index is 0.0880. The Balaban J connectivity index is 2.71. The number of amides is 1. The zero-order chi connectivity index (χ0) is 15.8. The van der Waals surface area contributed by atoms with Crippen molar-refractivity contribution in [1.29, 1.82) is 0 Å². The van der Waals surface area contributed by atoms with Gasteiger partial charge in [0.2, 0.25) is 5.91 Å². The van der Waals surface area contributed by atoms with E-state index in [1.54, 1.807) is 12.1 Å². The Morgan fingerprint density at radius 2 is 2.14 bits per heavy atom. The molecule has 1 aromatic rings. The fourth-order valence-corrected chi connectivity index (χ4v) is 1.82. The number of hydrogen-bond donors (Lipinski definition) is 4. The topological polar surface area (TPSA) is 108 Å². The highest BCUT2D eigenvalue weighted by Gasteiger charge is 2.21. The summed E-state index contributed by atoms with van der Waals surface area (Å²) >= 11 is 5.84. The molecule has 1 unspecified atom stereocenters. The first-order valence-corrected chi connectivity index (χ1v) is 6.56. The molecule has 7 nitrogen and oxygen atoms in total. The Labute approximate surface area is 126 Å². The van der Waals surface area contributed by atoms with Crippen molar-refractivity contribution in [1.82, 2.24) is 5.32 Å². The van der Waals surface area contributed by atoms with Crippen LogP contribution in [0.15, 0.2) is 18.2 Å². The van der Waals surface area contributed by atoms with Crippen molar-refractivity contribution in [2.75, 3.05) is 25.6 Å². The maximum absolute atomic E-state index is 11.9. The Morgan fingerprint density at radius 3 is 2.71 bits per heavy atom. The summed E-state index contributed by atoms with van der Waals surface area (Å²) in [5.41, 5.74) is 0.362. The maximum atomic E-state index is 11.9. The van der Waals surface area contributed by atoms with Crippen LogP contribution < -0.4 is 15.4 Å². The number of aliphatic hydroxyl groups excluding tert-OH is 1. The van der Waals surface area contributed by atoms with E-state index >= 15 is 0 Å². The SMILES string of the molecule is COc1ccc(Cl)cc1NC(=O)CC(NCCO)C(=O)O. The van der Waals surface area contributed by atoms with Gasteiger partial charge in [-0.2, -0.15) is 0 Å². The first-order valence-electron chi connectivity index (χ1n) is 6.18. The number of methoxy groups -OCH3 is 1. The number of carbonyl (C=O) groups is 2. The summed E-state index contributed by atoms with van der Waals surface area (Å²) in [6.45, 7) is -0.127. The maximum Gasteiger partial charge on any atom is 0.321 e. The van der Waals surface area contributed by atoms with E-state index in [1.165, 1.54) is 13.2 Å². The van der Waals surface area contributed by atoms with Gasteiger partial charge in [-0.05, 0) is 18.2 Å². The van der Waals surface area contributed by atoms with Gasteiger partial charge in [-0.3, -0.25) is 9.59 Å². The Bertz CT molecular complexity index is 509. The van der Waals surface area contributed by atoms with Gasteiger partial charge in [0.15, 0.2) is 0 Å². The number of nitrogens with one attached hydrogen (secondary N) is 2.